The van der Waals surface area contributed by atoms with Gasteiger partial charge in [-0.25, -0.2) is 19.2 Å². The largest absolute Gasteiger partial charge is 0.496 e. The third kappa shape index (κ3) is 12.4. The Morgan fingerprint density at radius 3 is 1.23 bits per heavy atom. The first-order valence-electron chi connectivity index (χ1n) is 19.2. The second kappa shape index (κ2) is 19.2. The Kier molecular flexibility index (Phi) is 14.1. The van der Waals surface area contributed by atoms with E-state index in [1.54, 1.807) is 99.3 Å². The number of carbonyl (C=O) groups is 4. The number of methoxy groups -OCH3 is 3. The summed E-state index contributed by atoms with van der Waals surface area (Å²) in [5, 5.41) is 5.39. The molecule has 2 amide bonds. The summed E-state index contributed by atoms with van der Waals surface area (Å²) in [6, 6.07) is 25.6. The number of carbonyl (C=O) groups excluding carboxylic acids is 4. The van der Waals surface area contributed by atoms with Gasteiger partial charge in [0.1, 0.15) is 28.5 Å². The Bertz CT molecular complexity index is 2340. The average molecular weight is 831 g/mol. The molecule has 2 heterocycles. The summed E-state index contributed by atoms with van der Waals surface area (Å²) in [5.41, 5.74) is 5.65. The van der Waals surface area contributed by atoms with Gasteiger partial charge in [0, 0.05) is 34.7 Å². The number of rotatable bonds is 9. The van der Waals surface area contributed by atoms with Crippen LogP contribution in [0.2, 0.25) is 0 Å². The molecule has 0 radical (unpaired) electrons. The molecule has 0 aliphatic carbocycles. The van der Waals surface area contributed by atoms with Gasteiger partial charge >= 0.3 is 24.1 Å². The van der Waals surface area contributed by atoms with E-state index in [1.807, 2.05) is 67.6 Å². The lowest BCUT2D eigenvalue weighted by Gasteiger charge is -2.20. The van der Waals surface area contributed by atoms with Gasteiger partial charge in [0.25, 0.3) is 0 Å². The van der Waals surface area contributed by atoms with Gasteiger partial charge in [0.2, 0.25) is 0 Å². The molecule has 0 atom stereocenters. The van der Waals surface area contributed by atoms with E-state index >= 15 is 0 Å². The number of nitrogens with one attached hydrogen (secondary N) is 2. The molecule has 0 saturated heterocycles. The van der Waals surface area contributed by atoms with Gasteiger partial charge in [-0.05, 0) is 137 Å². The molecule has 6 rings (SSSR count). The number of benzene rings is 4. The number of cyclic esters (lactones) is 2. The lowest BCUT2D eigenvalue weighted by Crippen LogP contribution is -2.27. The number of aryl methyl sites for hydroxylation is 1. The zero-order valence-electron chi connectivity index (χ0n) is 35.9. The van der Waals surface area contributed by atoms with Crippen molar-refractivity contribution >= 4 is 46.6 Å². The number of allylic oxidation sites excluding steroid dienone is 2. The quantitative estimate of drug-likeness (QED) is 0.122. The van der Waals surface area contributed by atoms with Crippen LogP contribution in [0.25, 0.3) is 11.1 Å². The van der Waals surface area contributed by atoms with Crippen LogP contribution in [0.4, 0.5) is 21.0 Å². The molecule has 13 heteroatoms. The van der Waals surface area contributed by atoms with Crippen molar-refractivity contribution in [2.45, 2.75) is 59.7 Å². The smallest absolute Gasteiger partial charge is 0.412 e. The maximum Gasteiger partial charge on any atom is 0.412 e. The topological polar surface area (TPSA) is 157 Å². The standard InChI is InChI=1S/C27H30N2O6.C21H20O5/c1-26(2,3)34-24(31)28-19-11-7-17(8-12-19)23(21-15-16-22(30)33-21)18-9-13-20(14-10-18)29-25(32)35-27(4,5)6;1-13-11-14(5-7-16(13)23-2)21(18-9-10-20(22)26-18)15-6-8-17(24-3)19(12-15)25-4/h7-16H,1-6H3,(H,28,31)(H,29,32);5-12H,1-4H3/b;21-18-. The molecule has 61 heavy (non-hydrogen) atoms. The molecule has 0 bridgehead atoms. The number of anilines is 2. The molecule has 4 aromatic carbocycles. The number of esters is 2. The van der Waals surface area contributed by atoms with E-state index in [9.17, 15) is 19.2 Å². The Balaban J connectivity index is 0.000000241. The summed E-state index contributed by atoms with van der Waals surface area (Å²) < 4.78 is 37.4. The summed E-state index contributed by atoms with van der Waals surface area (Å²) in [4.78, 5) is 47.4. The first kappa shape index (κ1) is 44.8. The summed E-state index contributed by atoms with van der Waals surface area (Å²) >= 11 is 0. The third-order valence-corrected chi connectivity index (χ3v) is 8.65. The summed E-state index contributed by atoms with van der Waals surface area (Å²) in [5.74, 6) is 2.08. The highest BCUT2D eigenvalue weighted by molar-refractivity contribution is 5.94. The van der Waals surface area contributed by atoms with Gasteiger partial charge in [0.15, 0.2) is 11.5 Å². The SMILES string of the molecule is CC(C)(C)OC(=O)Nc1ccc(C(=C2C=CC(=O)O2)c2ccc(NC(=O)OC(C)(C)C)cc2)cc1.COc1ccc(/C(=C2\C=CC(=O)O2)c2ccc(OC)c(OC)c2)cc1C. The van der Waals surface area contributed by atoms with Crippen molar-refractivity contribution in [3.05, 3.63) is 149 Å². The van der Waals surface area contributed by atoms with E-state index in [-0.39, 0.29) is 5.97 Å². The van der Waals surface area contributed by atoms with E-state index in [2.05, 4.69) is 10.6 Å². The predicted octanol–water partition coefficient (Wildman–Crippen LogP) is 10.1. The van der Waals surface area contributed by atoms with E-state index in [1.165, 1.54) is 12.2 Å². The Morgan fingerprint density at radius 2 is 0.869 bits per heavy atom. The van der Waals surface area contributed by atoms with Crippen LogP contribution in [0.5, 0.6) is 17.2 Å². The molecule has 4 aromatic rings. The molecule has 0 aromatic heterocycles. The van der Waals surface area contributed by atoms with Crippen LogP contribution in [0, 0.1) is 6.92 Å². The van der Waals surface area contributed by atoms with Crippen molar-refractivity contribution < 1.29 is 52.3 Å². The van der Waals surface area contributed by atoms with Crippen molar-refractivity contribution in [1.29, 1.82) is 0 Å². The number of ether oxygens (including phenoxy) is 7. The molecule has 2 aliphatic heterocycles. The van der Waals surface area contributed by atoms with Gasteiger partial charge < -0.3 is 33.2 Å². The highest BCUT2D eigenvalue weighted by Gasteiger charge is 2.22. The molecule has 318 valence electrons. The number of hydrogen-bond acceptors (Lipinski definition) is 11. The first-order valence-corrected chi connectivity index (χ1v) is 19.2. The Morgan fingerprint density at radius 1 is 0.492 bits per heavy atom. The predicted molar refractivity (Wildman–Crippen MR) is 232 cm³/mol. The number of amides is 2. The normalized spacial score (nSPS) is 13.9. The van der Waals surface area contributed by atoms with Crippen molar-refractivity contribution in [3.63, 3.8) is 0 Å². The lowest BCUT2D eigenvalue weighted by atomic mass is 9.94. The molecular formula is C48H50N2O11. The fourth-order valence-corrected chi connectivity index (χ4v) is 6.12. The second-order valence-electron chi connectivity index (χ2n) is 15.7. The van der Waals surface area contributed by atoms with E-state index in [0.29, 0.717) is 40.0 Å². The van der Waals surface area contributed by atoms with Crippen LogP contribution in [0.3, 0.4) is 0 Å². The minimum absolute atomic E-state index is 0.386. The van der Waals surface area contributed by atoms with Crippen molar-refractivity contribution in [1.82, 2.24) is 0 Å². The van der Waals surface area contributed by atoms with Gasteiger partial charge in [0.05, 0.1) is 21.3 Å². The van der Waals surface area contributed by atoms with Crippen LogP contribution >= 0.6 is 0 Å². The minimum atomic E-state index is -0.606. The maximum absolute atomic E-state index is 12.1. The minimum Gasteiger partial charge on any atom is -0.496 e. The molecule has 0 unspecified atom stereocenters. The molecule has 2 N–H and O–H groups in total. The van der Waals surface area contributed by atoms with Gasteiger partial charge in [-0.15, -0.1) is 0 Å². The maximum atomic E-state index is 12.1. The zero-order valence-corrected chi connectivity index (χ0v) is 35.9. The summed E-state index contributed by atoms with van der Waals surface area (Å²) in [7, 11) is 4.81. The van der Waals surface area contributed by atoms with Gasteiger partial charge in [-0.2, -0.15) is 0 Å². The third-order valence-electron chi connectivity index (χ3n) is 8.65. The Hall–Kier alpha value is -7.28. The van der Waals surface area contributed by atoms with Crippen molar-refractivity contribution in [2.75, 3.05) is 32.0 Å². The monoisotopic (exact) mass is 830 g/mol. The fraction of sp³-hybridized carbons (Fsp3) is 0.250. The molecule has 0 saturated carbocycles. The highest BCUT2D eigenvalue weighted by Crippen LogP contribution is 2.37. The molecule has 0 spiro atoms. The van der Waals surface area contributed by atoms with Crippen LogP contribution in [-0.4, -0.2) is 56.7 Å². The first-order chi connectivity index (χ1) is 28.9. The lowest BCUT2D eigenvalue weighted by molar-refractivity contribution is -0.133. The van der Waals surface area contributed by atoms with Crippen LogP contribution < -0.4 is 24.8 Å². The van der Waals surface area contributed by atoms with E-state index in [0.717, 1.165) is 39.1 Å². The Labute approximate surface area is 355 Å². The van der Waals surface area contributed by atoms with Crippen LogP contribution in [0.1, 0.15) is 69.4 Å². The fourth-order valence-electron chi connectivity index (χ4n) is 6.12. The van der Waals surface area contributed by atoms with Crippen molar-refractivity contribution in [3.8, 4) is 17.2 Å². The van der Waals surface area contributed by atoms with Gasteiger partial charge in [-0.3, -0.25) is 10.6 Å². The van der Waals surface area contributed by atoms with Crippen LogP contribution in [0.15, 0.2) is 121 Å². The van der Waals surface area contributed by atoms with Gasteiger partial charge in [-0.1, -0.05) is 36.4 Å². The van der Waals surface area contributed by atoms with E-state index < -0.39 is 29.4 Å². The van der Waals surface area contributed by atoms with Crippen LogP contribution in [-0.2, 0) is 28.5 Å². The highest BCUT2D eigenvalue weighted by atomic mass is 16.6. The zero-order chi connectivity index (χ0) is 44.5. The second-order valence-corrected chi connectivity index (χ2v) is 15.7. The molecular weight excluding hydrogens is 781 g/mol. The van der Waals surface area contributed by atoms with Crippen molar-refractivity contribution in [2.24, 2.45) is 0 Å². The summed E-state index contributed by atoms with van der Waals surface area (Å²) in [6.45, 7) is 12.7. The molecule has 2 aliphatic rings. The average Bonchev–Trinajstić information content (AvgIpc) is 3.82. The summed E-state index contributed by atoms with van der Waals surface area (Å²) in [6.07, 6.45) is 4.94. The number of hydrogen-bond donors (Lipinski definition) is 2. The molecule has 0 fully saturated rings. The van der Waals surface area contributed by atoms with E-state index in [4.69, 9.17) is 33.2 Å². The molecule has 13 nitrogen and oxygen atoms in total.